The van der Waals surface area contributed by atoms with Crippen LogP contribution in [0.4, 0.5) is 0 Å². The maximum Gasteiger partial charge on any atom is 0.305 e. The van der Waals surface area contributed by atoms with Gasteiger partial charge in [-0.15, -0.1) is 5.10 Å². The van der Waals surface area contributed by atoms with Crippen LogP contribution in [0.2, 0.25) is 0 Å². The summed E-state index contributed by atoms with van der Waals surface area (Å²) in [6.07, 6.45) is 1.38. The smallest absolute Gasteiger partial charge is 0.305 e. The Kier molecular flexibility index (Phi) is 4.92. The van der Waals surface area contributed by atoms with Crippen LogP contribution in [0.3, 0.4) is 0 Å². The summed E-state index contributed by atoms with van der Waals surface area (Å²) >= 11 is 1.15. The van der Waals surface area contributed by atoms with Gasteiger partial charge in [-0.1, -0.05) is 42.1 Å². The molecule has 0 atom stereocenters. The van der Waals surface area contributed by atoms with E-state index >= 15 is 0 Å². The predicted octanol–water partition coefficient (Wildman–Crippen LogP) is 1.62. The van der Waals surface area contributed by atoms with Crippen molar-refractivity contribution in [2.24, 2.45) is 0 Å². The molecule has 0 spiro atoms. The van der Waals surface area contributed by atoms with Gasteiger partial charge in [0.05, 0.1) is 12.0 Å². The lowest BCUT2D eigenvalue weighted by Crippen LogP contribution is -2.42. The van der Waals surface area contributed by atoms with Gasteiger partial charge in [0.1, 0.15) is 0 Å². The Balaban J connectivity index is 1.46. The third-order valence-electron chi connectivity index (χ3n) is 2.90. The van der Waals surface area contributed by atoms with Crippen molar-refractivity contribution in [1.29, 1.82) is 0 Å². The molecule has 0 saturated carbocycles. The first-order valence-electron chi connectivity index (χ1n) is 6.95. The fourth-order valence-electron chi connectivity index (χ4n) is 1.80. The molecule has 0 aliphatic heterocycles. The van der Waals surface area contributed by atoms with E-state index in [9.17, 15) is 9.59 Å². The summed E-state index contributed by atoms with van der Waals surface area (Å²) in [7, 11) is 0. The van der Waals surface area contributed by atoms with Crippen LogP contribution in [0.1, 0.15) is 10.6 Å². The normalized spacial score (nSPS) is 10.3. The van der Waals surface area contributed by atoms with Gasteiger partial charge >= 0.3 is 5.91 Å². The van der Waals surface area contributed by atoms with Crippen molar-refractivity contribution >= 4 is 23.6 Å². The second-order valence-corrected chi connectivity index (χ2v) is 5.54. The van der Waals surface area contributed by atoms with Gasteiger partial charge in [0.15, 0.2) is 11.6 Å². The van der Waals surface area contributed by atoms with E-state index in [4.69, 9.17) is 4.42 Å². The average Bonchev–Trinajstić information content (AvgIpc) is 3.30. The van der Waals surface area contributed by atoms with Gasteiger partial charge in [-0.3, -0.25) is 25.5 Å². The SMILES string of the molecule is O=C(CSc1n[nH]c(-c2ccccc2)n1)NNC(=O)c1ccco1. The van der Waals surface area contributed by atoms with Crippen molar-refractivity contribution in [3.8, 4) is 11.4 Å². The van der Waals surface area contributed by atoms with Crippen molar-refractivity contribution < 1.29 is 14.0 Å². The van der Waals surface area contributed by atoms with Gasteiger partial charge < -0.3 is 4.42 Å². The fraction of sp³-hybridized carbons (Fsp3) is 0.0667. The van der Waals surface area contributed by atoms with Gasteiger partial charge in [0, 0.05) is 5.56 Å². The molecule has 0 unspecified atom stereocenters. The van der Waals surface area contributed by atoms with Crippen LogP contribution >= 0.6 is 11.8 Å². The highest BCUT2D eigenvalue weighted by Gasteiger charge is 2.11. The van der Waals surface area contributed by atoms with Crippen molar-refractivity contribution in [3.05, 3.63) is 54.5 Å². The number of hydrazine groups is 1. The van der Waals surface area contributed by atoms with Gasteiger partial charge in [-0.2, -0.15) is 0 Å². The number of rotatable bonds is 5. The molecule has 8 nitrogen and oxygen atoms in total. The molecule has 0 bridgehead atoms. The van der Waals surface area contributed by atoms with E-state index in [1.807, 2.05) is 30.3 Å². The summed E-state index contributed by atoms with van der Waals surface area (Å²) in [6, 6.07) is 12.6. The molecular formula is C15H13N5O3S. The molecule has 2 amide bonds. The first kappa shape index (κ1) is 15.8. The van der Waals surface area contributed by atoms with E-state index in [1.165, 1.54) is 12.3 Å². The van der Waals surface area contributed by atoms with E-state index in [-0.39, 0.29) is 17.4 Å². The largest absolute Gasteiger partial charge is 0.459 e. The zero-order valence-corrected chi connectivity index (χ0v) is 13.2. The number of H-pyrrole nitrogens is 1. The fourth-order valence-corrected chi connectivity index (χ4v) is 2.40. The molecule has 3 N–H and O–H groups in total. The molecule has 2 aromatic heterocycles. The van der Waals surface area contributed by atoms with Crippen LogP contribution in [-0.4, -0.2) is 32.7 Å². The van der Waals surface area contributed by atoms with E-state index in [0.29, 0.717) is 11.0 Å². The second kappa shape index (κ2) is 7.47. The van der Waals surface area contributed by atoms with Crippen LogP contribution in [-0.2, 0) is 4.79 Å². The number of amides is 2. The molecule has 3 rings (SSSR count). The van der Waals surface area contributed by atoms with Gasteiger partial charge in [-0.05, 0) is 12.1 Å². The summed E-state index contributed by atoms with van der Waals surface area (Å²) in [6.45, 7) is 0. The number of nitrogens with one attached hydrogen (secondary N) is 3. The van der Waals surface area contributed by atoms with E-state index in [1.54, 1.807) is 6.07 Å². The highest BCUT2D eigenvalue weighted by molar-refractivity contribution is 7.99. The first-order valence-corrected chi connectivity index (χ1v) is 7.94. The third kappa shape index (κ3) is 4.02. The molecule has 3 aromatic rings. The Labute approximate surface area is 141 Å². The van der Waals surface area contributed by atoms with Gasteiger partial charge in [0.2, 0.25) is 11.1 Å². The standard InChI is InChI=1S/C15H13N5O3S/c21-12(17-19-14(22)11-7-4-8-23-11)9-24-15-16-13(18-20-15)10-5-2-1-3-6-10/h1-8H,9H2,(H,17,21)(H,19,22)(H,16,18,20). The first-order chi connectivity index (χ1) is 11.7. The molecule has 24 heavy (non-hydrogen) atoms. The number of benzene rings is 1. The minimum Gasteiger partial charge on any atom is -0.459 e. The van der Waals surface area contributed by atoms with Crippen molar-refractivity contribution in [2.75, 3.05) is 5.75 Å². The molecule has 0 fully saturated rings. The lowest BCUT2D eigenvalue weighted by atomic mass is 10.2. The number of thioether (sulfide) groups is 1. The number of aromatic nitrogens is 3. The lowest BCUT2D eigenvalue weighted by molar-refractivity contribution is -0.119. The van der Waals surface area contributed by atoms with Crippen LogP contribution in [0, 0.1) is 0 Å². The molecule has 0 radical (unpaired) electrons. The predicted molar refractivity (Wildman–Crippen MR) is 86.9 cm³/mol. The lowest BCUT2D eigenvalue weighted by Gasteiger charge is -2.04. The minimum atomic E-state index is -0.525. The maximum atomic E-state index is 11.7. The van der Waals surface area contributed by atoms with Gasteiger partial charge in [-0.25, -0.2) is 4.98 Å². The van der Waals surface area contributed by atoms with Crippen molar-refractivity contribution in [3.63, 3.8) is 0 Å². The third-order valence-corrected chi connectivity index (χ3v) is 3.75. The summed E-state index contributed by atoms with van der Waals surface area (Å²) in [5.74, 6) is -0.104. The Morgan fingerprint density at radius 1 is 1.12 bits per heavy atom. The van der Waals surface area contributed by atoms with Crippen LogP contribution in [0.25, 0.3) is 11.4 Å². The Morgan fingerprint density at radius 2 is 1.96 bits per heavy atom. The summed E-state index contributed by atoms with van der Waals surface area (Å²) < 4.78 is 4.91. The zero-order chi connectivity index (χ0) is 16.8. The highest BCUT2D eigenvalue weighted by atomic mass is 32.2. The molecular weight excluding hydrogens is 330 g/mol. The molecule has 9 heteroatoms. The maximum absolute atomic E-state index is 11.7. The van der Waals surface area contributed by atoms with Crippen molar-refractivity contribution in [1.82, 2.24) is 26.0 Å². The molecule has 2 heterocycles. The number of aromatic amines is 1. The van der Waals surface area contributed by atoms with E-state index in [2.05, 4.69) is 26.0 Å². The monoisotopic (exact) mass is 343 g/mol. The average molecular weight is 343 g/mol. The molecule has 0 aliphatic rings. The molecule has 0 aliphatic carbocycles. The van der Waals surface area contributed by atoms with Crippen LogP contribution in [0.15, 0.2) is 58.3 Å². The van der Waals surface area contributed by atoms with Crippen molar-refractivity contribution in [2.45, 2.75) is 5.16 Å². The number of furan rings is 1. The van der Waals surface area contributed by atoms with Crippen LogP contribution in [0.5, 0.6) is 0 Å². The number of carbonyl (C=O) groups is 2. The molecule has 122 valence electrons. The van der Waals surface area contributed by atoms with E-state index < -0.39 is 5.91 Å². The quantitative estimate of drug-likeness (QED) is 0.479. The van der Waals surface area contributed by atoms with E-state index in [0.717, 1.165) is 17.3 Å². The zero-order valence-electron chi connectivity index (χ0n) is 12.4. The highest BCUT2D eigenvalue weighted by Crippen LogP contribution is 2.18. The summed E-state index contributed by atoms with van der Waals surface area (Å²) in [5.41, 5.74) is 5.46. The molecule has 0 saturated heterocycles. The van der Waals surface area contributed by atoms with Gasteiger partial charge in [0.25, 0.3) is 0 Å². The minimum absolute atomic E-state index is 0.0600. The number of hydrogen-bond donors (Lipinski definition) is 3. The van der Waals surface area contributed by atoms with Crippen LogP contribution < -0.4 is 10.9 Å². The summed E-state index contributed by atoms with van der Waals surface area (Å²) in [5, 5.41) is 7.31. The summed E-state index contributed by atoms with van der Waals surface area (Å²) in [4.78, 5) is 27.6. The number of hydrogen-bond acceptors (Lipinski definition) is 6. The topological polar surface area (TPSA) is 113 Å². The Morgan fingerprint density at radius 3 is 2.71 bits per heavy atom. The number of carbonyl (C=O) groups excluding carboxylic acids is 2. The second-order valence-electron chi connectivity index (χ2n) is 4.60. The number of nitrogens with zero attached hydrogens (tertiary/aromatic N) is 2. The Bertz CT molecular complexity index is 817. The Hall–Kier alpha value is -3.07. The molecule has 1 aromatic carbocycles.